The fourth-order valence-corrected chi connectivity index (χ4v) is 3.54. The normalized spacial score (nSPS) is 18.4. The van der Waals surface area contributed by atoms with Crippen LogP contribution in [-0.4, -0.2) is 28.1 Å². The summed E-state index contributed by atoms with van der Waals surface area (Å²) in [4.78, 5) is 32.3. The van der Waals surface area contributed by atoms with Gasteiger partial charge in [0.25, 0.3) is 5.91 Å². The number of allylic oxidation sites excluding steroid dienone is 1. The van der Waals surface area contributed by atoms with E-state index in [0.717, 1.165) is 23.1 Å². The number of aromatic nitrogens is 1. The fourth-order valence-electron chi connectivity index (χ4n) is 3.54. The van der Waals surface area contributed by atoms with Gasteiger partial charge in [0, 0.05) is 22.9 Å². The molecular weight excluding hydrogens is 288 g/mol. The molecule has 1 aliphatic heterocycles. The van der Waals surface area contributed by atoms with Crippen LogP contribution in [0.25, 0.3) is 16.6 Å². The number of rotatable bonds is 2. The first-order valence-corrected chi connectivity index (χ1v) is 7.98. The third-order valence-corrected chi connectivity index (χ3v) is 4.64. The van der Waals surface area contributed by atoms with Gasteiger partial charge in [-0.1, -0.05) is 25.1 Å². The number of hydrogen-bond acceptors (Lipinski definition) is 3. The molecule has 0 N–H and O–H groups in total. The lowest BCUT2D eigenvalue weighted by Crippen LogP contribution is -2.31. The van der Waals surface area contributed by atoms with Gasteiger partial charge >= 0.3 is 0 Å². The molecule has 4 rings (SSSR count). The molecule has 1 aliphatic carbocycles. The van der Waals surface area contributed by atoms with Gasteiger partial charge in [0.2, 0.25) is 0 Å². The molecule has 4 nitrogen and oxygen atoms in total. The molecule has 0 radical (unpaired) electrons. The number of ketones is 1. The Hall–Kier alpha value is -2.49. The SMILES string of the molecule is CCCN1C(=O)c2c3c(nc4ccccc24)C(=O)C(C)(C)C=C31. The van der Waals surface area contributed by atoms with Crippen LogP contribution in [0.2, 0.25) is 0 Å². The number of benzene rings is 1. The van der Waals surface area contributed by atoms with Crippen LogP contribution in [0.15, 0.2) is 30.3 Å². The summed E-state index contributed by atoms with van der Waals surface area (Å²) in [7, 11) is 0. The van der Waals surface area contributed by atoms with Crippen LogP contribution in [0.3, 0.4) is 0 Å². The summed E-state index contributed by atoms with van der Waals surface area (Å²) >= 11 is 0. The number of fused-ring (bicyclic) bond motifs is 2. The van der Waals surface area contributed by atoms with E-state index in [1.807, 2.05) is 51.1 Å². The maximum absolute atomic E-state index is 13.0. The van der Waals surface area contributed by atoms with Crippen LogP contribution in [0.1, 0.15) is 53.6 Å². The number of carbonyl (C=O) groups is 2. The second-order valence-corrected chi connectivity index (χ2v) is 6.76. The van der Waals surface area contributed by atoms with E-state index in [9.17, 15) is 9.59 Å². The van der Waals surface area contributed by atoms with E-state index in [4.69, 9.17) is 0 Å². The molecule has 0 saturated heterocycles. The van der Waals surface area contributed by atoms with Crippen LogP contribution < -0.4 is 0 Å². The van der Waals surface area contributed by atoms with Gasteiger partial charge in [-0.2, -0.15) is 0 Å². The standard InChI is InChI=1S/C19H18N2O2/c1-4-9-21-13-10-19(2,3)17(22)16-15(13)14(18(21)23)11-7-5-6-8-12(11)20-16/h5-8,10H,4,9H2,1-3H3. The van der Waals surface area contributed by atoms with E-state index in [1.54, 1.807) is 4.90 Å². The molecule has 23 heavy (non-hydrogen) atoms. The maximum Gasteiger partial charge on any atom is 0.259 e. The van der Waals surface area contributed by atoms with Crippen molar-refractivity contribution < 1.29 is 9.59 Å². The van der Waals surface area contributed by atoms with Gasteiger partial charge in [-0.25, -0.2) is 4.98 Å². The topological polar surface area (TPSA) is 50.3 Å². The first kappa shape index (κ1) is 14.1. The second kappa shape index (κ2) is 4.51. The quantitative estimate of drug-likeness (QED) is 0.850. The zero-order chi connectivity index (χ0) is 16.4. The summed E-state index contributed by atoms with van der Waals surface area (Å²) in [5.74, 6) is -0.0344. The molecule has 0 spiro atoms. The highest BCUT2D eigenvalue weighted by molar-refractivity contribution is 6.22. The molecule has 2 aliphatic rings. The number of pyridine rings is 1. The molecule has 0 fully saturated rings. The van der Waals surface area contributed by atoms with Crippen molar-refractivity contribution in [3.8, 4) is 0 Å². The van der Waals surface area contributed by atoms with Gasteiger partial charge in [-0.15, -0.1) is 0 Å². The van der Waals surface area contributed by atoms with Crippen molar-refractivity contribution in [2.45, 2.75) is 27.2 Å². The van der Waals surface area contributed by atoms with Crippen molar-refractivity contribution in [2.24, 2.45) is 5.41 Å². The Morgan fingerprint density at radius 3 is 2.61 bits per heavy atom. The third kappa shape index (κ3) is 1.75. The minimum atomic E-state index is -0.647. The van der Waals surface area contributed by atoms with Crippen LogP contribution in [-0.2, 0) is 0 Å². The first-order valence-electron chi connectivity index (χ1n) is 7.98. The summed E-state index contributed by atoms with van der Waals surface area (Å²) in [5.41, 5.74) is 2.71. The number of amides is 1. The Kier molecular flexibility index (Phi) is 2.77. The first-order chi connectivity index (χ1) is 11.0. The number of nitrogens with zero attached hydrogens (tertiary/aromatic N) is 2. The lowest BCUT2D eigenvalue weighted by molar-refractivity contribution is 0.0841. The van der Waals surface area contributed by atoms with Crippen LogP contribution in [0, 0.1) is 5.41 Å². The van der Waals surface area contributed by atoms with Crippen molar-refractivity contribution >= 4 is 28.3 Å². The molecule has 1 aromatic heterocycles. The van der Waals surface area contributed by atoms with Gasteiger partial charge in [0.15, 0.2) is 5.78 Å². The third-order valence-electron chi connectivity index (χ3n) is 4.64. The lowest BCUT2D eigenvalue weighted by atomic mass is 9.78. The molecular formula is C19H18N2O2. The Bertz CT molecular complexity index is 909. The van der Waals surface area contributed by atoms with Gasteiger partial charge in [-0.3, -0.25) is 9.59 Å². The zero-order valence-corrected chi connectivity index (χ0v) is 13.5. The van der Waals surface area contributed by atoms with E-state index in [2.05, 4.69) is 4.98 Å². The summed E-state index contributed by atoms with van der Waals surface area (Å²) in [6.45, 7) is 6.47. The minimum Gasteiger partial charge on any atom is -0.308 e. The molecule has 1 aromatic carbocycles. The predicted octanol–water partition coefficient (Wildman–Crippen LogP) is 3.66. The van der Waals surface area contributed by atoms with Gasteiger partial charge in [-0.05, 0) is 32.4 Å². The van der Waals surface area contributed by atoms with Crippen molar-refractivity contribution in [1.29, 1.82) is 0 Å². The molecule has 0 bridgehead atoms. The molecule has 0 atom stereocenters. The highest BCUT2D eigenvalue weighted by atomic mass is 16.2. The Balaban J connectivity index is 2.14. The van der Waals surface area contributed by atoms with Crippen molar-refractivity contribution in [2.75, 3.05) is 6.54 Å². The number of para-hydroxylation sites is 1. The van der Waals surface area contributed by atoms with Crippen LogP contribution in [0.4, 0.5) is 0 Å². The molecule has 2 heterocycles. The van der Waals surface area contributed by atoms with Gasteiger partial charge in [0.1, 0.15) is 5.69 Å². The van der Waals surface area contributed by atoms with Crippen LogP contribution in [0.5, 0.6) is 0 Å². The largest absolute Gasteiger partial charge is 0.308 e. The van der Waals surface area contributed by atoms with Gasteiger partial charge in [0.05, 0.1) is 16.8 Å². The Labute approximate surface area is 134 Å². The lowest BCUT2D eigenvalue weighted by Gasteiger charge is -2.28. The molecule has 2 aromatic rings. The van der Waals surface area contributed by atoms with E-state index < -0.39 is 5.41 Å². The Morgan fingerprint density at radius 2 is 1.87 bits per heavy atom. The average molecular weight is 306 g/mol. The minimum absolute atomic E-state index is 0.0153. The van der Waals surface area contributed by atoms with E-state index in [0.29, 0.717) is 23.3 Å². The molecule has 4 heteroatoms. The summed E-state index contributed by atoms with van der Waals surface area (Å²) in [6.07, 6.45) is 2.80. The summed E-state index contributed by atoms with van der Waals surface area (Å²) in [5, 5.41) is 0.827. The average Bonchev–Trinajstić information content (AvgIpc) is 2.79. The van der Waals surface area contributed by atoms with E-state index >= 15 is 0 Å². The smallest absolute Gasteiger partial charge is 0.259 e. The molecule has 0 unspecified atom stereocenters. The van der Waals surface area contributed by atoms with Crippen molar-refractivity contribution in [3.63, 3.8) is 0 Å². The van der Waals surface area contributed by atoms with Gasteiger partial charge < -0.3 is 4.90 Å². The monoisotopic (exact) mass is 306 g/mol. The number of Topliss-reactive ketones (excluding diaryl/α,β-unsaturated/α-hetero) is 1. The second-order valence-electron chi connectivity index (χ2n) is 6.76. The number of carbonyl (C=O) groups excluding carboxylic acids is 2. The zero-order valence-electron chi connectivity index (χ0n) is 13.5. The van der Waals surface area contributed by atoms with E-state index in [1.165, 1.54) is 0 Å². The predicted molar refractivity (Wildman–Crippen MR) is 89.2 cm³/mol. The highest BCUT2D eigenvalue weighted by Crippen LogP contribution is 2.45. The van der Waals surface area contributed by atoms with Crippen LogP contribution >= 0.6 is 0 Å². The summed E-state index contributed by atoms with van der Waals surface area (Å²) < 4.78 is 0. The molecule has 1 amide bonds. The highest BCUT2D eigenvalue weighted by Gasteiger charge is 2.45. The molecule has 0 saturated carbocycles. The summed E-state index contributed by atoms with van der Waals surface area (Å²) in [6, 6.07) is 7.56. The van der Waals surface area contributed by atoms with Crippen molar-refractivity contribution in [1.82, 2.24) is 9.88 Å². The Morgan fingerprint density at radius 1 is 1.13 bits per heavy atom. The van der Waals surface area contributed by atoms with E-state index in [-0.39, 0.29) is 11.7 Å². The number of hydrogen-bond donors (Lipinski definition) is 0. The van der Waals surface area contributed by atoms with Crippen molar-refractivity contribution in [3.05, 3.63) is 47.2 Å². The maximum atomic E-state index is 13.0. The fraction of sp³-hybridized carbons (Fsp3) is 0.316. The molecule has 116 valence electrons.